The Morgan fingerprint density at radius 2 is 2.00 bits per heavy atom. The number of fused-ring (bicyclic) bond motifs is 1. The number of carbonyl (C=O) groups is 1. The van der Waals surface area contributed by atoms with Crippen LogP contribution in [0, 0.1) is 4.77 Å². The van der Waals surface area contributed by atoms with Gasteiger partial charge in [-0.15, -0.1) is 11.3 Å². The number of methoxy groups -OCH3 is 1. The van der Waals surface area contributed by atoms with Crippen molar-refractivity contribution in [2.24, 2.45) is 0 Å². The molecule has 0 saturated carbocycles. The lowest BCUT2D eigenvalue weighted by molar-refractivity contribution is 0.0601. The first-order chi connectivity index (χ1) is 10.1. The van der Waals surface area contributed by atoms with E-state index in [9.17, 15) is 9.59 Å². The zero-order valence-corrected chi connectivity index (χ0v) is 12.6. The molecule has 3 aromatic rings. The fourth-order valence-corrected chi connectivity index (χ4v) is 3.11. The topological polar surface area (TPSA) is 64.1 Å². The molecule has 0 aliphatic heterocycles. The van der Waals surface area contributed by atoms with Crippen molar-refractivity contribution >= 4 is 39.7 Å². The summed E-state index contributed by atoms with van der Waals surface area (Å²) >= 11 is 6.60. The Bertz CT molecular complexity index is 935. The summed E-state index contributed by atoms with van der Waals surface area (Å²) in [6.07, 6.45) is 0. The minimum atomic E-state index is -0.423. The van der Waals surface area contributed by atoms with Crippen LogP contribution in [0.5, 0.6) is 0 Å². The van der Waals surface area contributed by atoms with Crippen molar-refractivity contribution in [1.82, 2.24) is 9.55 Å². The smallest absolute Gasteiger partial charge is 0.337 e. The van der Waals surface area contributed by atoms with E-state index in [4.69, 9.17) is 12.2 Å². The van der Waals surface area contributed by atoms with E-state index < -0.39 is 5.97 Å². The van der Waals surface area contributed by atoms with Crippen LogP contribution in [-0.2, 0) is 4.74 Å². The van der Waals surface area contributed by atoms with Crippen LogP contribution in [0.4, 0.5) is 0 Å². The normalized spacial score (nSPS) is 10.7. The molecule has 0 amide bonds. The Morgan fingerprint density at radius 1 is 1.29 bits per heavy atom. The van der Waals surface area contributed by atoms with Crippen LogP contribution < -0.4 is 5.56 Å². The first-order valence-corrected chi connectivity index (χ1v) is 7.32. The molecule has 0 aliphatic rings. The van der Waals surface area contributed by atoms with E-state index in [1.807, 2.05) is 11.4 Å². The molecule has 0 unspecified atom stereocenters. The number of H-pyrrole nitrogens is 1. The van der Waals surface area contributed by atoms with Crippen LogP contribution in [-0.4, -0.2) is 22.6 Å². The number of aromatic nitrogens is 2. The average molecular weight is 318 g/mol. The maximum Gasteiger partial charge on any atom is 0.337 e. The largest absolute Gasteiger partial charge is 0.465 e. The zero-order chi connectivity index (χ0) is 15.0. The highest BCUT2D eigenvalue weighted by Gasteiger charge is 2.10. The third-order valence-electron chi connectivity index (χ3n) is 3.05. The van der Waals surface area contributed by atoms with Crippen LogP contribution in [0.15, 0.2) is 40.5 Å². The number of hydrogen-bond donors (Lipinski definition) is 1. The lowest BCUT2D eigenvalue weighted by Crippen LogP contribution is -2.19. The summed E-state index contributed by atoms with van der Waals surface area (Å²) in [5.41, 5.74) is 1.58. The summed E-state index contributed by atoms with van der Waals surface area (Å²) in [5.74, 6) is -0.423. The van der Waals surface area contributed by atoms with E-state index in [2.05, 4.69) is 9.72 Å². The zero-order valence-electron chi connectivity index (χ0n) is 11.0. The summed E-state index contributed by atoms with van der Waals surface area (Å²) in [7, 11) is 1.32. The van der Waals surface area contributed by atoms with Gasteiger partial charge in [0, 0.05) is 0 Å². The van der Waals surface area contributed by atoms with Crippen molar-refractivity contribution in [2.45, 2.75) is 0 Å². The van der Waals surface area contributed by atoms with Gasteiger partial charge in [0.25, 0.3) is 5.56 Å². The van der Waals surface area contributed by atoms with Gasteiger partial charge in [-0.05, 0) is 47.9 Å². The number of nitrogens with zero attached hydrogens (tertiary/aromatic N) is 1. The molecule has 0 saturated heterocycles. The standard InChI is InChI=1S/C14H10N2O3S2/c1-19-13(18)8-2-4-9(5-3-8)16-12(17)11-10(6-7-21-11)15-14(16)20/h2-7H,1H3,(H,15,20). The second kappa shape index (κ2) is 5.27. The number of rotatable bonds is 2. The van der Waals surface area contributed by atoms with Crippen molar-refractivity contribution in [1.29, 1.82) is 0 Å². The highest BCUT2D eigenvalue weighted by molar-refractivity contribution is 7.71. The van der Waals surface area contributed by atoms with E-state index in [0.717, 1.165) is 5.52 Å². The van der Waals surface area contributed by atoms with Crippen molar-refractivity contribution in [3.05, 3.63) is 56.4 Å². The predicted octanol–water partition coefficient (Wildman–Crippen LogP) is 2.90. The Morgan fingerprint density at radius 3 is 2.67 bits per heavy atom. The Hall–Kier alpha value is -2.25. The molecule has 0 bridgehead atoms. The van der Waals surface area contributed by atoms with E-state index in [-0.39, 0.29) is 5.56 Å². The molecule has 0 spiro atoms. The number of carbonyl (C=O) groups excluding carboxylic acids is 1. The van der Waals surface area contributed by atoms with Crippen LogP contribution in [0.1, 0.15) is 10.4 Å². The number of benzene rings is 1. The summed E-state index contributed by atoms with van der Waals surface area (Å²) < 4.78 is 6.98. The number of ether oxygens (including phenoxy) is 1. The SMILES string of the molecule is COC(=O)c1ccc(-n2c(=S)[nH]c3ccsc3c2=O)cc1. The van der Waals surface area contributed by atoms with Crippen molar-refractivity contribution < 1.29 is 9.53 Å². The molecule has 0 atom stereocenters. The second-order valence-electron chi connectivity index (χ2n) is 4.27. The molecular formula is C14H10N2O3S2. The van der Waals surface area contributed by atoms with Crippen LogP contribution >= 0.6 is 23.6 Å². The lowest BCUT2D eigenvalue weighted by Gasteiger charge is -2.07. The monoisotopic (exact) mass is 318 g/mol. The number of nitrogens with one attached hydrogen (secondary N) is 1. The summed E-state index contributed by atoms with van der Waals surface area (Å²) in [5, 5.41) is 1.84. The van der Waals surface area contributed by atoms with Crippen molar-refractivity contribution in [2.75, 3.05) is 7.11 Å². The molecule has 106 valence electrons. The van der Waals surface area contributed by atoms with Gasteiger partial charge in [0.1, 0.15) is 4.70 Å². The minimum Gasteiger partial charge on any atom is -0.465 e. The number of esters is 1. The molecule has 3 rings (SSSR count). The Balaban J connectivity index is 2.18. The van der Waals surface area contributed by atoms with Crippen LogP contribution in [0.2, 0.25) is 0 Å². The predicted molar refractivity (Wildman–Crippen MR) is 83.9 cm³/mol. The van der Waals surface area contributed by atoms with Crippen molar-refractivity contribution in [3.63, 3.8) is 0 Å². The maximum absolute atomic E-state index is 12.5. The molecule has 7 heteroatoms. The second-order valence-corrected chi connectivity index (χ2v) is 5.58. The highest BCUT2D eigenvalue weighted by Crippen LogP contribution is 2.16. The average Bonchev–Trinajstić information content (AvgIpc) is 2.95. The van der Waals surface area contributed by atoms with E-state index >= 15 is 0 Å². The maximum atomic E-state index is 12.5. The van der Waals surface area contributed by atoms with Crippen molar-refractivity contribution in [3.8, 4) is 5.69 Å². The molecule has 0 aliphatic carbocycles. The lowest BCUT2D eigenvalue weighted by atomic mass is 10.2. The van der Waals surface area contributed by atoms with Gasteiger partial charge in [0.15, 0.2) is 4.77 Å². The van der Waals surface area contributed by atoms with E-state index in [0.29, 0.717) is 20.7 Å². The molecular weight excluding hydrogens is 308 g/mol. The number of thiophene rings is 1. The van der Waals surface area contributed by atoms with Gasteiger partial charge >= 0.3 is 5.97 Å². The van der Waals surface area contributed by atoms with Gasteiger partial charge in [-0.3, -0.25) is 9.36 Å². The first-order valence-electron chi connectivity index (χ1n) is 6.03. The van der Waals surface area contributed by atoms with Gasteiger partial charge < -0.3 is 9.72 Å². The van der Waals surface area contributed by atoms with Gasteiger partial charge in [0.2, 0.25) is 0 Å². The molecule has 1 aromatic carbocycles. The molecule has 21 heavy (non-hydrogen) atoms. The number of aromatic amines is 1. The fraction of sp³-hybridized carbons (Fsp3) is 0.0714. The Kier molecular flexibility index (Phi) is 3.44. The van der Waals surface area contributed by atoms with E-state index in [1.165, 1.54) is 23.0 Å². The molecule has 0 fully saturated rings. The summed E-state index contributed by atoms with van der Waals surface area (Å²) in [6.45, 7) is 0. The molecule has 0 radical (unpaired) electrons. The summed E-state index contributed by atoms with van der Waals surface area (Å²) in [6, 6.07) is 8.34. The third kappa shape index (κ3) is 2.30. The van der Waals surface area contributed by atoms with Crippen LogP contribution in [0.3, 0.4) is 0 Å². The molecule has 1 N–H and O–H groups in total. The minimum absolute atomic E-state index is 0.172. The molecule has 2 aromatic heterocycles. The summed E-state index contributed by atoms with van der Waals surface area (Å²) in [4.78, 5) is 26.9. The highest BCUT2D eigenvalue weighted by atomic mass is 32.1. The quantitative estimate of drug-likeness (QED) is 0.583. The Labute approximate surface area is 128 Å². The van der Waals surface area contributed by atoms with Gasteiger partial charge in [-0.1, -0.05) is 0 Å². The van der Waals surface area contributed by atoms with Gasteiger partial charge in [-0.2, -0.15) is 0 Å². The fourth-order valence-electron chi connectivity index (χ4n) is 2.04. The van der Waals surface area contributed by atoms with E-state index in [1.54, 1.807) is 24.3 Å². The first kappa shape index (κ1) is 13.7. The van der Waals surface area contributed by atoms with Gasteiger partial charge in [0.05, 0.1) is 23.9 Å². The molecule has 5 nitrogen and oxygen atoms in total. The third-order valence-corrected chi connectivity index (χ3v) is 4.24. The van der Waals surface area contributed by atoms with Crippen LogP contribution in [0.25, 0.3) is 15.9 Å². The number of hydrogen-bond acceptors (Lipinski definition) is 5. The molecule has 2 heterocycles. The van der Waals surface area contributed by atoms with Gasteiger partial charge in [-0.25, -0.2) is 4.79 Å².